The highest BCUT2D eigenvalue weighted by Gasteiger charge is 2.57. The number of hydrogen-bond donors (Lipinski definition) is 0. The Morgan fingerprint density at radius 2 is 1.48 bits per heavy atom. The first-order valence-corrected chi connectivity index (χ1v) is 9.40. The molecule has 1 aliphatic heterocycles. The lowest BCUT2D eigenvalue weighted by Crippen LogP contribution is -2.41. The van der Waals surface area contributed by atoms with Crippen LogP contribution >= 0.6 is 0 Å². The molecule has 132 valence electrons. The molecule has 2 heteroatoms. The third kappa shape index (κ3) is 2.23. The molecule has 3 aromatic rings. The molecule has 2 atom stereocenters. The van der Waals surface area contributed by atoms with Gasteiger partial charge in [-0.15, -0.1) is 0 Å². The number of nitrogens with zero attached hydrogens (tertiary/aromatic N) is 1. The highest BCUT2D eigenvalue weighted by atomic mass is 16.2. The quantitative estimate of drug-likeness (QED) is 0.623. The highest BCUT2D eigenvalue weighted by Crippen LogP contribution is 2.58. The molecule has 1 aliphatic carbocycles. The van der Waals surface area contributed by atoms with Crippen molar-refractivity contribution in [2.24, 2.45) is 0 Å². The minimum absolute atomic E-state index is 0.0347. The van der Waals surface area contributed by atoms with E-state index in [2.05, 4.69) is 72.8 Å². The lowest BCUT2D eigenvalue weighted by molar-refractivity contribution is -0.123. The zero-order valence-corrected chi connectivity index (χ0v) is 15.3. The standard InChI is InChI=1S/C25H21NO/c1-26-23-15-9-8-14-21(23)25(24(26)27)17-20(18-10-4-2-5-11-18)16-22(25)19-12-6-3-7-13-19/h2-16,22H,17H2,1H3/t22-,25+/m1/s1. The monoisotopic (exact) mass is 351 g/mol. The summed E-state index contributed by atoms with van der Waals surface area (Å²) in [6, 6.07) is 29.1. The van der Waals surface area contributed by atoms with Crippen molar-refractivity contribution in [3.8, 4) is 0 Å². The molecular formula is C25H21NO. The Labute approximate surface area is 159 Å². The molecule has 0 bridgehead atoms. The van der Waals surface area contributed by atoms with E-state index >= 15 is 0 Å². The number of benzene rings is 3. The van der Waals surface area contributed by atoms with Crippen molar-refractivity contribution in [1.82, 2.24) is 0 Å². The van der Waals surface area contributed by atoms with E-state index in [0.29, 0.717) is 0 Å². The molecular weight excluding hydrogens is 330 g/mol. The van der Waals surface area contributed by atoms with Crippen LogP contribution in [-0.2, 0) is 10.2 Å². The lowest BCUT2D eigenvalue weighted by Gasteiger charge is -2.31. The summed E-state index contributed by atoms with van der Waals surface area (Å²) < 4.78 is 0. The van der Waals surface area contributed by atoms with E-state index in [1.54, 1.807) is 0 Å². The number of para-hydroxylation sites is 1. The van der Waals surface area contributed by atoms with E-state index in [0.717, 1.165) is 17.7 Å². The molecule has 0 N–H and O–H groups in total. The fourth-order valence-corrected chi connectivity index (χ4v) is 4.84. The van der Waals surface area contributed by atoms with E-state index in [1.165, 1.54) is 16.7 Å². The van der Waals surface area contributed by atoms with Gasteiger partial charge >= 0.3 is 0 Å². The van der Waals surface area contributed by atoms with Gasteiger partial charge < -0.3 is 4.90 Å². The second-order valence-corrected chi connectivity index (χ2v) is 7.48. The van der Waals surface area contributed by atoms with Crippen molar-refractivity contribution >= 4 is 17.2 Å². The molecule has 3 aromatic carbocycles. The average Bonchev–Trinajstić information content (AvgIpc) is 3.24. The zero-order valence-electron chi connectivity index (χ0n) is 15.3. The first-order chi connectivity index (χ1) is 13.2. The number of fused-ring (bicyclic) bond motifs is 2. The van der Waals surface area contributed by atoms with Crippen LogP contribution in [0.5, 0.6) is 0 Å². The van der Waals surface area contributed by atoms with Crippen molar-refractivity contribution in [1.29, 1.82) is 0 Å². The third-order valence-corrected chi connectivity index (χ3v) is 6.10. The Hall–Kier alpha value is -3.13. The molecule has 0 radical (unpaired) electrons. The molecule has 27 heavy (non-hydrogen) atoms. The van der Waals surface area contributed by atoms with Crippen LogP contribution in [0.4, 0.5) is 5.69 Å². The molecule has 1 heterocycles. The lowest BCUT2D eigenvalue weighted by atomic mass is 9.69. The predicted octanol–water partition coefficient (Wildman–Crippen LogP) is 5.17. The van der Waals surface area contributed by atoms with E-state index < -0.39 is 5.41 Å². The minimum Gasteiger partial charge on any atom is -0.314 e. The van der Waals surface area contributed by atoms with Gasteiger partial charge in [-0.2, -0.15) is 0 Å². The van der Waals surface area contributed by atoms with E-state index in [4.69, 9.17) is 0 Å². The Kier molecular flexibility index (Phi) is 3.54. The largest absolute Gasteiger partial charge is 0.314 e. The summed E-state index contributed by atoms with van der Waals surface area (Å²) in [4.78, 5) is 15.5. The summed E-state index contributed by atoms with van der Waals surface area (Å²) in [5.41, 5.74) is 5.28. The maximum Gasteiger partial charge on any atom is 0.238 e. The van der Waals surface area contributed by atoms with Gasteiger partial charge in [0.15, 0.2) is 0 Å². The summed E-state index contributed by atoms with van der Waals surface area (Å²) in [7, 11) is 1.90. The number of hydrogen-bond acceptors (Lipinski definition) is 1. The maximum atomic E-state index is 13.6. The summed E-state index contributed by atoms with van der Waals surface area (Å²) in [5.74, 6) is 0.229. The number of amides is 1. The smallest absolute Gasteiger partial charge is 0.238 e. The average molecular weight is 351 g/mol. The molecule has 5 rings (SSSR count). The van der Waals surface area contributed by atoms with E-state index in [9.17, 15) is 4.79 Å². The SMILES string of the molecule is CN1C(=O)[C@@]2(CC(c3ccccc3)=C[C@@H]2c2ccccc2)c2ccccc21. The van der Waals surface area contributed by atoms with Crippen molar-refractivity contribution in [2.45, 2.75) is 17.8 Å². The Balaban J connectivity index is 1.73. The van der Waals surface area contributed by atoms with E-state index in [-0.39, 0.29) is 11.8 Å². The Morgan fingerprint density at radius 1 is 0.852 bits per heavy atom. The van der Waals surface area contributed by atoms with Crippen LogP contribution in [0.1, 0.15) is 29.0 Å². The fraction of sp³-hybridized carbons (Fsp3) is 0.160. The molecule has 2 aliphatic rings. The summed E-state index contributed by atoms with van der Waals surface area (Å²) in [6.07, 6.45) is 3.05. The molecule has 1 amide bonds. The number of carbonyl (C=O) groups excluding carboxylic acids is 1. The number of allylic oxidation sites excluding steroid dienone is 2. The van der Waals surface area contributed by atoms with Crippen molar-refractivity contribution in [2.75, 3.05) is 11.9 Å². The number of likely N-dealkylation sites (N-methyl/N-ethyl adjacent to an activating group) is 1. The fourth-order valence-electron chi connectivity index (χ4n) is 4.84. The number of rotatable bonds is 2. The molecule has 2 nitrogen and oxygen atoms in total. The molecule has 0 saturated carbocycles. The maximum absolute atomic E-state index is 13.6. The van der Waals surface area contributed by atoms with Gasteiger partial charge in [-0.1, -0.05) is 84.9 Å². The summed E-state index contributed by atoms with van der Waals surface area (Å²) >= 11 is 0. The van der Waals surface area contributed by atoms with Crippen LogP contribution in [0.25, 0.3) is 5.57 Å². The predicted molar refractivity (Wildman–Crippen MR) is 110 cm³/mol. The van der Waals surface area contributed by atoms with Gasteiger partial charge in [-0.05, 0) is 34.8 Å². The van der Waals surface area contributed by atoms with Gasteiger partial charge in [0.05, 0.1) is 5.41 Å². The molecule has 0 saturated heterocycles. The van der Waals surface area contributed by atoms with E-state index in [1.807, 2.05) is 30.1 Å². The third-order valence-electron chi connectivity index (χ3n) is 6.10. The highest BCUT2D eigenvalue weighted by molar-refractivity contribution is 6.10. The molecule has 0 aromatic heterocycles. The van der Waals surface area contributed by atoms with Gasteiger partial charge in [0.1, 0.15) is 0 Å². The summed E-state index contributed by atoms with van der Waals surface area (Å²) in [5, 5.41) is 0. The first kappa shape index (κ1) is 16.1. The van der Waals surface area contributed by atoms with Crippen LogP contribution in [0.15, 0.2) is 91.0 Å². The summed E-state index contributed by atoms with van der Waals surface area (Å²) in [6.45, 7) is 0. The van der Waals surface area contributed by atoms with Crippen LogP contribution in [0.2, 0.25) is 0 Å². The van der Waals surface area contributed by atoms with Crippen molar-refractivity contribution < 1.29 is 4.79 Å². The number of carbonyl (C=O) groups is 1. The normalized spacial score (nSPS) is 23.6. The van der Waals surface area contributed by atoms with Crippen molar-refractivity contribution in [3.63, 3.8) is 0 Å². The first-order valence-electron chi connectivity index (χ1n) is 9.40. The zero-order chi connectivity index (χ0) is 18.4. The van der Waals surface area contributed by atoms with Crippen molar-refractivity contribution in [3.05, 3.63) is 108 Å². The minimum atomic E-state index is -0.558. The van der Waals surface area contributed by atoms with Gasteiger partial charge in [0.25, 0.3) is 0 Å². The van der Waals surface area contributed by atoms with Gasteiger partial charge in [-0.3, -0.25) is 4.79 Å². The Bertz CT molecular complexity index is 1040. The Morgan fingerprint density at radius 3 is 2.22 bits per heavy atom. The second-order valence-electron chi connectivity index (χ2n) is 7.48. The van der Waals surface area contributed by atoms with Gasteiger partial charge in [0.2, 0.25) is 5.91 Å². The van der Waals surface area contributed by atoms with Gasteiger partial charge in [0, 0.05) is 18.7 Å². The van der Waals surface area contributed by atoms with Crippen LogP contribution in [0, 0.1) is 0 Å². The second kappa shape index (κ2) is 5.95. The van der Waals surface area contributed by atoms with Crippen LogP contribution in [0.3, 0.4) is 0 Å². The number of anilines is 1. The molecule has 1 spiro atoms. The van der Waals surface area contributed by atoms with Crippen LogP contribution in [-0.4, -0.2) is 13.0 Å². The molecule has 0 fully saturated rings. The molecule has 0 unspecified atom stereocenters. The topological polar surface area (TPSA) is 20.3 Å². The van der Waals surface area contributed by atoms with Crippen LogP contribution < -0.4 is 4.90 Å². The van der Waals surface area contributed by atoms with Gasteiger partial charge in [-0.25, -0.2) is 0 Å².